The van der Waals surface area contributed by atoms with Crippen LogP contribution in [0.25, 0.3) is 5.57 Å². The Morgan fingerprint density at radius 3 is 2.83 bits per heavy atom. The fourth-order valence-corrected chi connectivity index (χ4v) is 2.42. The molecule has 0 aliphatic carbocycles. The number of allylic oxidation sites excluding steroid dienone is 2. The van der Waals surface area contributed by atoms with Gasteiger partial charge in [0, 0.05) is 30.4 Å². The number of rotatable bonds is 4. The summed E-state index contributed by atoms with van der Waals surface area (Å²) in [7, 11) is 1.71. The fraction of sp³-hybridized carbons (Fsp3) is 0.375. The van der Waals surface area contributed by atoms with Gasteiger partial charge in [-0.3, -0.25) is 0 Å². The summed E-state index contributed by atoms with van der Waals surface area (Å²) in [4.78, 5) is 2.39. The number of benzene rings is 1. The molecule has 96 valence electrons. The molecule has 18 heavy (non-hydrogen) atoms. The molecule has 1 aromatic rings. The van der Waals surface area contributed by atoms with Crippen LogP contribution in [-0.4, -0.2) is 20.2 Å². The molecular weight excluding hydrogens is 222 g/mol. The number of nitrogens with zero attached hydrogens (tertiary/aromatic N) is 1. The maximum absolute atomic E-state index is 5.33. The van der Waals surface area contributed by atoms with Gasteiger partial charge in [0.25, 0.3) is 0 Å². The van der Waals surface area contributed by atoms with Crippen molar-refractivity contribution in [2.24, 2.45) is 0 Å². The van der Waals surface area contributed by atoms with Crippen LogP contribution in [0.5, 0.6) is 5.75 Å². The summed E-state index contributed by atoms with van der Waals surface area (Å²) in [5.74, 6) is 0.915. The van der Waals surface area contributed by atoms with E-state index in [-0.39, 0.29) is 0 Å². The van der Waals surface area contributed by atoms with E-state index in [9.17, 15) is 0 Å². The van der Waals surface area contributed by atoms with Gasteiger partial charge in [-0.15, -0.1) is 0 Å². The molecule has 0 spiro atoms. The number of methoxy groups -OCH3 is 1. The van der Waals surface area contributed by atoms with E-state index in [2.05, 4.69) is 43.5 Å². The van der Waals surface area contributed by atoms with Crippen molar-refractivity contribution in [3.05, 3.63) is 42.0 Å². The van der Waals surface area contributed by atoms with Crippen molar-refractivity contribution in [1.29, 1.82) is 0 Å². The normalized spacial score (nSPS) is 13.9. The highest BCUT2D eigenvalue weighted by Crippen LogP contribution is 2.37. The molecule has 0 saturated heterocycles. The van der Waals surface area contributed by atoms with Crippen LogP contribution in [0.15, 0.2) is 36.4 Å². The Labute approximate surface area is 110 Å². The quantitative estimate of drug-likeness (QED) is 0.795. The van der Waals surface area contributed by atoms with Crippen LogP contribution in [0, 0.1) is 0 Å². The third-order valence-electron chi connectivity index (χ3n) is 3.30. The summed E-state index contributed by atoms with van der Waals surface area (Å²) in [6.45, 7) is 10.4. The van der Waals surface area contributed by atoms with E-state index in [1.807, 2.05) is 6.07 Å². The summed E-state index contributed by atoms with van der Waals surface area (Å²) in [5.41, 5.74) is 4.91. The van der Waals surface area contributed by atoms with Gasteiger partial charge in [-0.25, -0.2) is 0 Å². The van der Waals surface area contributed by atoms with Gasteiger partial charge < -0.3 is 9.64 Å². The maximum Gasteiger partial charge on any atom is 0.120 e. The van der Waals surface area contributed by atoms with Crippen LogP contribution in [0.3, 0.4) is 0 Å². The third-order valence-corrected chi connectivity index (χ3v) is 3.30. The van der Waals surface area contributed by atoms with Crippen LogP contribution < -0.4 is 9.64 Å². The molecule has 0 unspecified atom stereocenters. The summed E-state index contributed by atoms with van der Waals surface area (Å²) >= 11 is 0. The summed E-state index contributed by atoms with van der Waals surface area (Å²) in [6, 6.07) is 6.28. The summed E-state index contributed by atoms with van der Waals surface area (Å²) in [6.07, 6.45) is 3.42. The zero-order chi connectivity index (χ0) is 13.1. The van der Waals surface area contributed by atoms with Crippen LogP contribution in [0.4, 0.5) is 5.69 Å². The van der Waals surface area contributed by atoms with Gasteiger partial charge in [0.05, 0.1) is 7.11 Å². The van der Waals surface area contributed by atoms with Gasteiger partial charge in [-0.05, 0) is 31.1 Å². The van der Waals surface area contributed by atoms with Crippen LogP contribution >= 0.6 is 0 Å². The minimum absolute atomic E-state index is 0.915. The Balaban J connectivity index is 2.48. The van der Waals surface area contributed by atoms with Crippen molar-refractivity contribution in [2.45, 2.75) is 20.3 Å². The molecule has 0 fully saturated rings. The molecular formula is C16H21NO. The highest BCUT2D eigenvalue weighted by Gasteiger charge is 2.19. The molecule has 0 N–H and O–H groups in total. The first kappa shape index (κ1) is 12.7. The van der Waals surface area contributed by atoms with Crippen molar-refractivity contribution in [2.75, 3.05) is 25.1 Å². The zero-order valence-electron chi connectivity index (χ0n) is 11.5. The fourth-order valence-electron chi connectivity index (χ4n) is 2.42. The van der Waals surface area contributed by atoms with Crippen molar-refractivity contribution >= 4 is 11.3 Å². The average Bonchev–Trinajstić information content (AvgIpc) is 2.38. The minimum Gasteiger partial charge on any atom is -0.497 e. The van der Waals surface area contributed by atoms with E-state index >= 15 is 0 Å². The Bertz CT molecular complexity index is 488. The first-order chi connectivity index (χ1) is 8.67. The van der Waals surface area contributed by atoms with Gasteiger partial charge in [0.2, 0.25) is 0 Å². The van der Waals surface area contributed by atoms with E-state index in [1.54, 1.807) is 7.11 Å². The molecule has 0 saturated carbocycles. The summed E-state index contributed by atoms with van der Waals surface area (Å²) in [5, 5.41) is 0. The number of fused-ring (bicyclic) bond motifs is 1. The second-order valence-electron chi connectivity index (χ2n) is 4.73. The molecule has 1 aliphatic heterocycles. The van der Waals surface area contributed by atoms with Gasteiger partial charge in [0.15, 0.2) is 0 Å². The molecule has 0 aromatic heterocycles. The van der Waals surface area contributed by atoms with Gasteiger partial charge in [-0.1, -0.05) is 25.2 Å². The Morgan fingerprint density at radius 2 is 2.22 bits per heavy atom. The Hall–Kier alpha value is -1.70. The molecule has 1 aliphatic rings. The highest BCUT2D eigenvalue weighted by atomic mass is 16.5. The SMILES string of the molecule is C=C(C)C1=CCN(CCC)c2cc(OC)ccc21. The van der Waals surface area contributed by atoms with Crippen molar-refractivity contribution in [3.8, 4) is 5.75 Å². The van der Waals surface area contributed by atoms with E-state index in [4.69, 9.17) is 4.74 Å². The lowest BCUT2D eigenvalue weighted by atomic mass is 9.94. The molecule has 0 atom stereocenters. The maximum atomic E-state index is 5.33. The molecule has 0 radical (unpaired) electrons. The molecule has 0 bridgehead atoms. The largest absolute Gasteiger partial charge is 0.497 e. The smallest absolute Gasteiger partial charge is 0.120 e. The van der Waals surface area contributed by atoms with Crippen molar-refractivity contribution in [1.82, 2.24) is 0 Å². The van der Waals surface area contributed by atoms with E-state index in [0.29, 0.717) is 0 Å². The van der Waals surface area contributed by atoms with Crippen molar-refractivity contribution < 1.29 is 4.74 Å². The van der Waals surface area contributed by atoms with Crippen LogP contribution in [0.1, 0.15) is 25.8 Å². The van der Waals surface area contributed by atoms with E-state index in [0.717, 1.165) is 30.8 Å². The average molecular weight is 243 g/mol. The number of hydrogen-bond donors (Lipinski definition) is 0. The zero-order valence-corrected chi connectivity index (χ0v) is 11.5. The highest BCUT2D eigenvalue weighted by molar-refractivity contribution is 5.88. The number of anilines is 1. The summed E-state index contributed by atoms with van der Waals surface area (Å²) < 4.78 is 5.33. The molecule has 1 heterocycles. The van der Waals surface area contributed by atoms with Crippen molar-refractivity contribution in [3.63, 3.8) is 0 Å². The monoisotopic (exact) mass is 243 g/mol. The second-order valence-corrected chi connectivity index (χ2v) is 4.73. The topological polar surface area (TPSA) is 12.5 Å². The lowest BCUT2D eigenvalue weighted by molar-refractivity contribution is 0.414. The molecule has 2 heteroatoms. The standard InChI is InChI=1S/C16H21NO/c1-5-9-17-10-8-14(12(2)3)15-7-6-13(18-4)11-16(15)17/h6-8,11H,2,5,9-10H2,1,3-4H3. The Morgan fingerprint density at radius 1 is 1.44 bits per heavy atom. The predicted octanol–water partition coefficient (Wildman–Crippen LogP) is 3.88. The number of hydrogen-bond acceptors (Lipinski definition) is 2. The first-order valence-corrected chi connectivity index (χ1v) is 6.46. The second kappa shape index (κ2) is 5.30. The Kier molecular flexibility index (Phi) is 3.75. The molecule has 2 nitrogen and oxygen atoms in total. The van der Waals surface area contributed by atoms with Gasteiger partial charge in [0.1, 0.15) is 5.75 Å². The first-order valence-electron chi connectivity index (χ1n) is 6.46. The van der Waals surface area contributed by atoms with E-state index < -0.39 is 0 Å². The van der Waals surface area contributed by atoms with Gasteiger partial charge >= 0.3 is 0 Å². The van der Waals surface area contributed by atoms with E-state index in [1.165, 1.54) is 16.8 Å². The molecule has 1 aromatic carbocycles. The third kappa shape index (κ3) is 2.28. The molecule has 0 amide bonds. The molecule has 2 rings (SSSR count). The number of ether oxygens (including phenoxy) is 1. The lowest BCUT2D eigenvalue weighted by Gasteiger charge is -2.31. The van der Waals surface area contributed by atoms with Crippen LogP contribution in [0.2, 0.25) is 0 Å². The lowest BCUT2D eigenvalue weighted by Crippen LogP contribution is -2.28. The minimum atomic E-state index is 0.915. The predicted molar refractivity (Wildman–Crippen MR) is 78.3 cm³/mol. The van der Waals surface area contributed by atoms with Crippen LogP contribution in [-0.2, 0) is 0 Å². The van der Waals surface area contributed by atoms with Gasteiger partial charge in [-0.2, -0.15) is 0 Å².